The first-order valence-electron chi connectivity index (χ1n) is 5.49. The summed E-state index contributed by atoms with van der Waals surface area (Å²) in [5, 5.41) is 17.5. The fourth-order valence-electron chi connectivity index (χ4n) is 1.64. The molecule has 0 bridgehead atoms. The van der Waals surface area contributed by atoms with Gasteiger partial charge in [0.2, 0.25) is 0 Å². The van der Waals surface area contributed by atoms with Crippen molar-refractivity contribution in [2.24, 2.45) is 0 Å². The van der Waals surface area contributed by atoms with Gasteiger partial charge in [0.05, 0.1) is 6.61 Å². The van der Waals surface area contributed by atoms with Crippen LogP contribution in [0.25, 0.3) is 0 Å². The minimum atomic E-state index is -2.97. The van der Waals surface area contributed by atoms with Gasteiger partial charge in [-0.3, -0.25) is 0 Å². The second kappa shape index (κ2) is 6.89. The molecule has 1 aromatic rings. The van der Waals surface area contributed by atoms with Crippen molar-refractivity contribution in [1.29, 1.82) is 0 Å². The Morgan fingerprint density at radius 2 is 2.11 bits per heavy atom. The Labute approximate surface area is 108 Å². The normalized spacial score (nSPS) is 12.3. The highest BCUT2D eigenvalue weighted by Crippen LogP contribution is 2.23. The molecule has 0 aliphatic heterocycles. The highest BCUT2D eigenvalue weighted by atomic mass is 19.3. The monoisotopic (exact) mass is 276 g/mol. The molecule has 0 spiro atoms. The molecule has 2 N–H and O–H groups in total. The largest absolute Gasteiger partial charge is 0.506 e. The molecule has 0 heterocycles. The fourth-order valence-corrected chi connectivity index (χ4v) is 1.64. The average Bonchev–Trinajstić information content (AvgIpc) is 2.29. The Balaban J connectivity index is 2.78. The third-order valence-electron chi connectivity index (χ3n) is 2.34. The molecule has 0 saturated carbocycles. The summed E-state index contributed by atoms with van der Waals surface area (Å²) in [6, 6.07) is 4.29. The van der Waals surface area contributed by atoms with Crippen LogP contribution in [0.4, 0.5) is 13.6 Å². The van der Waals surface area contributed by atoms with Crippen LogP contribution >= 0.6 is 0 Å². The maximum absolute atomic E-state index is 12.1. The van der Waals surface area contributed by atoms with E-state index >= 15 is 0 Å². The minimum absolute atomic E-state index is 0.104. The summed E-state index contributed by atoms with van der Waals surface area (Å²) in [5.41, 5.74) is 0.861. The van der Waals surface area contributed by atoms with Crippen molar-refractivity contribution in [2.45, 2.75) is 32.7 Å². The van der Waals surface area contributed by atoms with Crippen LogP contribution in [0.1, 0.15) is 18.1 Å². The lowest BCUT2D eigenvalue weighted by molar-refractivity contribution is -0.0509. The van der Waals surface area contributed by atoms with Gasteiger partial charge in [-0.05, 0) is 24.6 Å². The van der Waals surface area contributed by atoms with Crippen molar-refractivity contribution in [3.63, 3.8) is 0 Å². The molecule has 5 nitrogen and oxygen atoms in total. The molecule has 0 aromatic heterocycles. The summed E-state index contributed by atoms with van der Waals surface area (Å²) in [7, 11) is 0. The van der Waals surface area contributed by atoms with E-state index in [2.05, 4.69) is 9.47 Å². The second-order valence-electron chi connectivity index (χ2n) is 3.88. The van der Waals surface area contributed by atoms with Crippen molar-refractivity contribution in [3.8, 4) is 5.75 Å². The van der Waals surface area contributed by atoms with E-state index in [4.69, 9.17) is 10.2 Å². The highest BCUT2D eigenvalue weighted by molar-refractivity contribution is 5.57. The minimum Gasteiger partial charge on any atom is -0.450 e. The van der Waals surface area contributed by atoms with E-state index in [1.807, 2.05) is 0 Å². The van der Waals surface area contributed by atoms with Crippen molar-refractivity contribution in [2.75, 3.05) is 0 Å². The zero-order valence-corrected chi connectivity index (χ0v) is 10.2. The SMILES string of the molecule is CC(Cc1ccc(OC(F)F)c(CO)c1)OC(=O)O. The Morgan fingerprint density at radius 1 is 1.42 bits per heavy atom. The number of aliphatic hydroxyl groups is 1. The molecule has 0 aliphatic rings. The number of halogens is 2. The lowest BCUT2D eigenvalue weighted by Gasteiger charge is -2.13. The third-order valence-corrected chi connectivity index (χ3v) is 2.34. The highest BCUT2D eigenvalue weighted by Gasteiger charge is 2.13. The first-order valence-corrected chi connectivity index (χ1v) is 5.49. The van der Waals surface area contributed by atoms with Gasteiger partial charge in [0.25, 0.3) is 0 Å². The molecule has 1 unspecified atom stereocenters. The number of carboxylic acid groups (broad SMARTS) is 1. The smallest absolute Gasteiger partial charge is 0.450 e. The molecule has 0 aliphatic carbocycles. The van der Waals surface area contributed by atoms with E-state index in [0.717, 1.165) is 0 Å². The van der Waals surface area contributed by atoms with Crippen molar-refractivity contribution >= 4 is 6.16 Å². The van der Waals surface area contributed by atoms with E-state index in [1.54, 1.807) is 6.92 Å². The van der Waals surface area contributed by atoms with Crippen LogP contribution in [0, 0.1) is 0 Å². The van der Waals surface area contributed by atoms with Gasteiger partial charge in [-0.2, -0.15) is 8.78 Å². The zero-order valence-electron chi connectivity index (χ0n) is 10.2. The second-order valence-corrected chi connectivity index (χ2v) is 3.88. The lowest BCUT2D eigenvalue weighted by atomic mass is 10.0. The summed E-state index contributed by atoms with van der Waals surface area (Å²) in [6.45, 7) is -1.86. The molecule has 1 rings (SSSR count). The van der Waals surface area contributed by atoms with Gasteiger partial charge in [0, 0.05) is 12.0 Å². The number of ether oxygens (including phenoxy) is 2. The molecule has 0 amide bonds. The summed E-state index contributed by atoms with van der Waals surface area (Å²) < 4.78 is 33.0. The third kappa shape index (κ3) is 5.09. The molecular weight excluding hydrogens is 262 g/mol. The van der Waals surface area contributed by atoms with Crippen LogP contribution in [0.5, 0.6) is 5.75 Å². The Bertz CT molecular complexity index is 436. The molecule has 19 heavy (non-hydrogen) atoms. The first kappa shape index (κ1) is 15.2. The molecule has 1 aromatic carbocycles. The summed E-state index contributed by atoms with van der Waals surface area (Å²) in [4.78, 5) is 10.3. The van der Waals surface area contributed by atoms with E-state index in [0.29, 0.717) is 5.56 Å². The summed E-state index contributed by atoms with van der Waals surface area (Å²) in [6.07, 6.45) is -1.69. The fraction of sp³-hybridized carbons (Fsp3) is 0.417. The van der Waals surface area contributed by atoms with Gasteiger partial charge < -0.3 is 19.7 Å². The molecule has 0 saturated heterocycles. The Kier molecular flexibility index (Phi) is 5.50. The maximum Gasteiger partial charge on any atom is 0.506 e. The number of hydrogen-bond donors (Lipinski definition) is 2. The molecule has 0 fully saturated rings. The van der Waals surface area contributed by atoms with Crippen LogP contribution in [0.2, 0.25) is 0 Å². The number of hydrogen-bond acceptors (Lipinski definition) is 4. The Hall–Kier alpha value is -1.89. The molecular formula is C12H14F2O5. The summed E-state index contributed by atoms with van der Waals surface area (Å²) >= 11 is 0. The summed E-state index contributed by atoms with van der Waals surface area (Å²) in [5.74, 6) is -0.104. The quantitative estimate of drug-likeness (QED) is 0.780. The van der Waals surface area contributed by atoms with Gasteiger partial charge in [0.15, 0.2) is 0 Å². The number of carbonyl (C=O) groups is 1. The van der Waals surface area contributed by atoms with Crippen molar-refractivity contribution in [1.82, 2.24) is 0 Å². The van der Waals surface area contributed by atoms with Crippen LogP contribution in [0.3, 0.4) is 0 Å². The maximum atomic E-state index is 12.1. The van der Waals surface area contributed by atoms with E-state index < -0.39 is 25.5 Å². The van der Waals surface area contributed by atoms with Gasteiger partial charge in [-0.15, -0.1) is 0 Å². The van der Waals surface area contributed by atoms with Gasteiger partial charge in [0.1, 0.15) is 11.9 Å². The van der Waals surface area contributed by atoms with Gasteiger partial charge in [-0.1, -0.05) is 6.07 Å². The van der Waals surface area contributed by atoms with Crippen LogP contribution in [0.15, 0.2) is 18.2 Å². The van der Waals surface area contributed by atoms with E-state index in [-0.39, 0.29) is 17.7 Å². The van der Waals surface area contributed by atoms with Gasteiger partial charge in [-0.25, -0.2) is 4.79 Å². The molecule has 106 valence electrons. The topological polar surface area (TPSA) is 76.0 Å². The van der Waals surface area contributed by atoms with E-state index in [9.17, 15) is 13.6 Å². The van der Waals surface area contributed by atoms with Crippen molar-refractivity contribution < 1.29 is 33.3 Å². The predicted octanol–water partition coefficient (Wildman–Crippen LogP) is 2.41. The molecule has 0 radical (unpaired) electrons. The number of aliphatic hydroxyl groups excluding tert-OH is 1. The van der Waals surface area contributed by atoms with E-state index in [1.165, 1.54) is 18.2 Å². The number of alkyl halides is 2. The number of benzene rings is 1. The predicted molar refractivity (Wildman–Crippen MR) is 61.3 cm³/mol. The molecule has 1 atom stereocenters. The lowest BCUT2D eigenvalue weighted by Crippen LogP contribution is -2.15. The molecule has 7 heteroatoms. The Morgan fingerprint density at radius 3 is 2.63 bits per heavy atom. The average molecular weight is 276 g/mol. The zero-order chi connectivity index (χ0) is 14.4. The first-order chi connectivity index (χ1) is 8.92. The van der Waals surface area contributed by atoms with Crippen molar-refractivity contribution in [3.05, 3.63) is 29.3 Å². The van der Waals surface area contributed by atoms with Crippen LogP contribution in [-0.4, -0.2) is 29.1 Å². The van der Waals surface area contributed by atoms with Crippen LogP contribution in [-0.2, 0) is 17.8 Å². The van der Waals surface area contributed by atoms with Gasteiger partial charge >= 0.3 is 12.8 Å². The standard InChI is InChI=1S/C12H14F2O5/c1-7(18-12(16)17)4-8-2-3-10(19-11(13)14)9(5-8)6-15/h2-3,5,7,11,15H,4,6H2,1H3,(H,16,17). The van der Waals surface area contributed by atoms with Crippen LogP contribution < -0.4 is 4.74 Å². The number of rotatable bonds is 6.